The first kappa shape index (κ1) is 25.7. The molecule has 3 N–H and O–H groups in total. The van der Waals surface area contributed by atoms with Gasteiger partial charge in [-0.2, -0.15) is 0 Å². The first-order valence-electron chi connectivity index (χ1n) is 12.0. The van der Waals surface area contributed by atoms with Crippen molar-refractivity contribution in [1.82, 2.24) is 0 Å². The molecule has 0 saturated heterocycles. The number of rotatable bonds is 9. The van der Waals surface area contributed by atoms with Crippen LogP contribution < -0.4 is 0 Å². The molecular formula is C29H30O6S. The summed E-state index contributed by atoms with van der Waals surface area (Å²) < 4.78 is 5.82. The maximum atomic E-state index is 13.0. The molecule has 0 bridgehead atoms. The van der Waals surface area contributed by atoms with Gasteiger partial charge in [0.15, 0.2) is 0 Å². The molecule has 1 aliphatic carbocycles. The highest BCUT2D eigenvalue weighted by molar-refractivity contribution is 7.09. The SMILES string of the molecule is CC(=C(O)CCc1cccs1)[C@@H]1[C@@H](CC(=O)O)[C@@H](O)C[C@H]1OC(=O)c1ccc(-c2ccccc2)cc1. The molecule has 6 nitrogen and oxygen atoms in total. The van der Waals surface area contributed by atoms with Gasteiger partial charge in [0.05, 0.1) is 23.8 Å². The summed E-state index contributed by atoms with van der Waals surface area (Å²) in [6.07, 6.45) is -0.815. The van der Waals surface area contributed by atoms with Crippen LogP contribution in [0.15, 0.2) is 83.4 Å². The quantitative estimate of drug-likeness (QED) is 0.247. The fourth-order valence-corrected chi connectivity index (χ4v) is 5.69. The number of carbonyl (C=O) groups excluding carboxylic acids is 1. The van der Waals surface area contributed by atoms with Gasteiger partial charge in [-0.15, -0.1) is 11.3 Å². The molecule has 0 amide bonds. The van der Waals surface area contributed by atoms with E-state index in [-0.39, 0.29) is 18.6 Å². The van der Waals surface area contributed by atoms with Crippen molar-refractivity contribution in [3.63, 3.8) is 0 Å². The van der Waals surface area contributed by atoms with Gasteiger partial charge in [0, 0.05) is 29.6 Å². The molecule has 3 aromatic rings. The van der Waals surface area contributed by atoms with Crippen molar-refractivity contribution >= 4 is 23.3 Å². The van der Waals surface area contributed by atoms with Gasteiger partial charge in [-0.3, -0.25) is 4.79 Å². The Kier molecular flexibility index (Phi) is 8.23. The van der Waals surface area contributed by atoms with Crippen molar-refractivity contribution in [3.05, 3.63) is 93.9 Å². The summed E-state index contributed by atoms with van der Waals surface area (Å²) in [6.45, 7) is 1.73. The van der Waals surface area contributed by atoms with Crippen LogP contribution in [0.1, 0.15) is 41.4 Å². The lowest BCUT2D eigenvalue weighted by molar-refractivity contribution is -0.139. The van der Waals surface area contributed by atoms with E-state index in [1.54, 1.807) is 30.4 Å². The maximum Gasteiger partial charge on any atom is 0.338 e. The van der Waals surface area contributed by atoms with Gasteiger partial charge in [-0.25, -0.2) is 4.79 Å². The molecule has 7 heteroatoms. The maximum absolute atomic E-state index is 13.0. The lowest BCUT2D eigenvalue weighted by Gasteiger charge is -2.26. The number of esters is 1. The van der Waals surface area contributed by atoms with Crippen LogP contribution in [0.25, 0.3) is 11.1 Å². The number of carbonyl (C=O) groups is 2. The normalized spacial score (nSPS) is 22.2. The lowest BCUT2D eigenvalue weighted by Crippen LogP contribution is -2.29. The number of aryl methyl sites for hydroxylation is 1. The molecule has 1 aliphatic rings. The van der Waals surface area contributed by atoms with Crippen LogP contribution in [0.2, 0.25) is 0 Å². The van der Waals surface area contributed by atoms with Gasteiger partial charge < -0.3 is 20.1 Å². The van der Waals surface area contributed by atoms with E-state index < -0.39 is 36.0 Å². The third-order valence-electron chi connectivity index (χ3n) is 6.87. The minimum atomic E-state index is -1.04. The van der Waals surface area contributed by atoms with Gasteiger partial charge in [0.1, 0.15) is 6.10 Å². The molecule has 0 spiro atoms. The minimum absolute atomic E-state index is 0.117. The standard InChI is InChI=1S/C29H30O6S/c1-18(24(30)14-13-22-8-5-15-36-22)28-23(16-27(32)33)25(31)17-26(28)35-29(34)21-11-9-20(10-12-21)19-6-3-2-4-7-19/h2-12,15,23,25-26,28,30-31H,13-14,16-17H2,1H3,(H,32,33)/t23-,25-,26+,28+/m0/s1. The molecule has 2 aromatic carbocycles. The summed E-state index contributed by atoms with van der Waals surface area (Å²) in [4.78, 5) is 25.7. The van der Waals surface area contributed by atoms with Crippen molar-refractivity contribution < 1.29 is 29.6 Å². The Morgan fingerprint density at radius 3 is 2.31 bits per heavy atom. The molecule has 1 saturated carbocycles. The van der Waals surface area contributed by atoms with E-state index in [4.69, 9.17) is 4.74 Å². The van der Waals surface area contributed by atoms with E-state index in [2.05, 4.69) is 0 Å². The van der Waals surface area contributed by atoms with Gasteiger partial charge >= 0.3 is 11.9 Å². The molecule has 1 heterocycles. The molecule has 4 atom stereocenters. The van der Waals surface area contributed by atoms with Crippen LogP contribution in [0, 0.1) is 11.8 Å². The molecule has 36 heavy (non-hydrogen) atoms. The molecule has 0 aliphatic heterocycles. The highest BCUT2D eigenvalue weighted by atomic mass is 32.1. The summed E-state index contributed by atoms with van der Waals surface area (Å²) in [6, 6.07) is 20.8. The van der Waals surface area contributed by atoms with Gasteiger partial charge in [0.25, 0.3) is 0 Å². The Hall–Kier alpha value is -3.42. The van der Waals surface area contributed by atoms with Crippen molar-refractivity contribution in [1.29, 1.82) is 0 Å². The Morgan fingerprint density at radius 1 is 0.972 bits per heavy atom. The van der Waals surface area contributed by atoms with Crippen LogP contribution >= 0.6 is 11.3 Å². The van der Waals surface area contributed by atoms with E-state index in [1.165, 1.54) is 0 Å². The first-order chi connectivity index (χ1) is 17.3. The molecule has 1 fully saturated rings. The predicted octanol–water partition coefficient (Wildman–Crippen LogP) is 5.88. The lowest BCUT2D eigenvalue weighted by atomic mass is 9.84. The molecule has 188 valence electrons. The third-order valence-corrected chi connectivity index (χ3v) is 7.81. The number of aliphatic hydroxyl groups is 2. The van der Waals surface area contributed by atoms with Crippen LogP contribution in [-0.2, 0) is 16.0 Å². The van der Waals surface area contributed by atoms with E-state index in [0.29, 0.717) is 24.0 Å². The highest BCUT2D eigenvalue weighted by Crippen LogP contribution is 2.42. The van der Waals surface area contributed by atoms with E-state index in [9.17, 15) is 24.9 Å². The Morgan fingerprint density at radius 2 is 1.67 bits per heavy atom. The molecule has 0 radical (unpaired) electrons. The fraction of sp³-hybridized carbons (Fsp3) is 0.310. The Bertz CT molecular complexity index is 1200. The first-order valence-corrected chi connectivity index (χ1v) is 12.9. The molecule has 4 rings (SSSR count). The van der Waals surface area contributed by atoms with Crippen LogP contribution in [0.5, 0.6) is 0 Å². The number of aliphatic carboxylic acids is 1. The summed E-state index contributed by atoms with van der Waals surface area (Å²) in [5, 5.41) is 32.9. The molecular weight excluding hydrogens is 476 g/mol. The van der Waals surface area contributed by atoms with E-state index in [1.807, 2.05) is 60.0 Å². The number of thiophene rings is 1. The van der Waals surface area contributed by atoms with Gasteiger partial charge in [-0.1, -0.05) is 48.5 Å². The number of hydrogen-bond donors (Lipinski definition) is 3. The third kappa shape index (κ3) is 6.04. The summed E-state index contributed by atoms with van der Waals surface area (Å²) in [5.74, 6) is -2.69. The van der Waals surface area contributed by atoms with Crippen LogP contribution in [-0.4, -0.2) is 39.5 Å². The predicted molar refractivity (Wildman–Crippen MR) is 139 cm³/mol. The zero-order valence-corrected chi connectivity index (χ0v) is 20.9. The summed E-state index contributed by atoms with van der Waals surface area (Å²) in [7, 11) is 0. The zero-order valence-electron chi connectivity index (χ0n) is 20.0. The average Bonchev–Trinajstić information content (AvgIpc) is 3.50. The van der Waals surface area contributed by atoms with Gasteiger partial charge in [-0.05, 0) is 53.6 Å². The smallest absolute Gasteiger partial charge is 0.338 e. The molecule has 1 aromatic heterocycles. The van der Waals surface area contributed by atoms with Crippen molar-refractivity contribution in [2.75, 3.05) is 0 Å². The zero-order chi connectivity index (χ0) is 25.7. The number of benzene rings is 2. The monoisotopic (exact) mass is 506 g/mol. The number of aliphatic hydroxyl groups excluding tert-OH is 2. The topological polar surface area (TPSA) is 104 Å². The number of ether oxygens (including phenoxy) is 1. The minimum Gasteiger partial charge on any atom is -0.512 e. The van der Waals surface area contributed by atoms with Crippen LogP contribution in [0.3, 0.4) is 0 Å². The largest absolute Gasteiger partial charge is 0.512 e. The fourth-order valence-electron chi connectivity index (χ4n) is 4.98. The number of allylic oxidation sites excluding steroid dienone is 1. The average molecular weight is 507 g/mol. The van der Waals surface area contributed by atoms with Crippen molar-refractivity contribution in [3.8, 4) is 11.1 Å². The second kappa shape index (κ2) is 11.5. The van der Waals surface area contributed by atoms with Crippen molar-refractivity contribution in [2.45, 2.75) is 44.8 Å². The summed E-state index contributed by atoms with van der Waals surface area (Å²) >= 11 is 1.60. The van der Waals surface area contributed by atoms with Gasteiger partial charge in [0.2, 0.25) is 0 Å². The van der Waals surface area contributed by atoms with Crippen molar-refractivity contribution in [2.24, 2.45) is 11.8 Å². The second-order valence-electron chi connectivity index (χ2n) is 9.19. The molecule has 0 unspecified atom stereocenters. The summed E-state index contributed by atoms with van der Waals surface area (Å²) in [5.41, 5.74) is 2.93. The second-order valence-corrected chi connectivity index (χ2v) is 10.2. The Labute approximate surface area is 214 Å². The number of carboxylic acids is 1. The Balaban J connectivity index is 1.52. The van der Waals surface area contributed by atoms with E-state index in [0.717, 1.165) is 16.0 Å². The van der Waals surface area contributed by atoms with Crippen LogP contribution in [0.4, 0.5) is 0 Å². The number of carboxylic acid groups (broad SMARTS) is 1. The highest BCUT2D eigenvalue weighted by Gasteiger charge is 2.47. The number of hydrogen-bond acceptors (Lipinski definition) is 6. The van der Waals surface area contributed by atoms with E-state index >= 15 is 0 Å².